The maximum atomic E-state index is 5.31. The molecule has 12 aromatic rings. The summed E-state index contributed by atoms with van der Waals surface area (Å²) in [6.07, 6.45) is 8.29. The van der Waals surface area contributed by atoms with Gasteiger partial charge in [-0.3, -0.25) is 0 Å². The van der Waals surface area contributed by atoms with E-state index < -0.39 is 0 Å². The minimum atomic E-state index is 0.821. The predicted molar refractivity (Wildman–Crippen MR) is 287 cm³/mol. The van der Waals surface area contributed by atoms with Gasteiger partial charge in [0.15, 0.2) is 0 Å². The van der Waals surface area contributed by atoms with Gasteiger partial charge in [0.2, 0.25) is 0 Å². The maximum absolute atomic E-state index is 5.31. The summed E-state index contributed by atoms with van der Waals surface area (Å²) in [4.78, 5) is 25.2. The first kappa shape index (κ1) is 42.2. The number of aromatic nitrogens is 6. The molecule has 0 radical (unpaired) electrons. The summed E-state index contributed by atoms with van der Waals surface area (Å²) in [5.74, 6) is 0. The van der Waals surface area contributed by atoms with Crippen molar-refractivity contribution in [2.75, 3.05) is 9.80 Å². The monoisotopic (exact) mass is 904 g/mol. The average molecular weight is 905 g/mol. The summed E-state index contributed by atoms with van der Waals surface area (Å²) in [6, 6.07) is 68.0. The highest BCUT2D eigenvalue weighted by Gasteiger charge is 2.22. The van der Waals surface area contributed by atoms with E-state index in [0.717, 1.165) is 124 Å². The molecule has 0 spiro atoms. The number of fused-ring (bicyclic) bond motifs is 3. The second kappa shape index (κ2) is 17.5. The topological polar surface area (TPSA) is 66.9 Å². The van der Waals surface area contributed by atoms with Crippen LogP contribution in [0.4, 0.5) is 34.1 Å². The SMILES string of the molecule is Cc1cc(N(c2ccccc2)c2ccc(-c3nc4ccccc4nc3-c3ccc(N(c4ccccc4)c4cc(C)c(-c5cn6ccccc6n5)cc4C)cc3)cc2)c(C)cc1-c1cn2ccccc2n1. The minimum Gasteiger partial charge on any atom is -0.310 e. The number of benzene rings is 7. The first-order chi connectivity index (χ1) is 34.3. The quantitative estimate of drug-likeness (QED) is 0.136. The molecule has 5 heterocycles. The number of pyridine rings is 2. The molecular formula is C62H48N8. The number of para-hydroxylation sites is 4. The van der Waals surface area contributed by atoms with Crippen molar-refractivity contribution in [3.05, 3.63) is 241 Å². The molecule has 0 aliphatic rings. The van der Waals surface area contributed by atoms with E-state index >= 15 is 0 Å². The van der Waals surface area contributed by atoms with Gasteiger partial charge >= 0.3 is 0 Å². The van der Waals surface area contributed by atoms with Crippen molar-refractivity contribution >= 4 is 56.5 Å². The Labute approximate surface area is 407 Å². The van der Waals surface area contributed by atoms with Crippen molar-refractivity contribution in [3.8, 4) is 45.0 Å². The smallest absolute Gasteiger partial charge is 0.137 e. The molecule has 0 saturated carbocycles. The summed E-state index contributed by atoms with van der Waals surface area (Å²) < 4.78 is 4.15. The molecule has 12 rings (SSSR count). The van der Waals surface area contributed by atoms with Crippen LogP contribution in [-0.2, 0) is 0 Å². The second-order valence-electron chi connectivity index (χ2n) is 17.9. The summed E-state index contributed by atoms with van der Waals surface area (Å²) in [6.45, 7) is 8.71. The van der Waals surface area contributed by atoms with Gasteiger partial charge in [-0.15, -0.1) is 0 Å². The van der Waals surface area contributed by atoms with Gasteiger partial charge in [0.25, 0.3) is 0 Å². The number of hydrogen-bond acceptors (Lipinski definition) is 6. The van der Waals surface area contributed by atoms with E-state index in [4.69, 9.17) is 19.9 Å². The lowest BCUT2D eigenvalue weighted by Crippen LogP contribution is -2.12. The summed E-state index contributed by atoms with van der Waals surface area (Å²) in [7, 11) is 0. The van der Waals surface area contributed by atoms with Crippen LogP contribution in [0, 0.1) is 27.7 Å². The van der Waals surface area contributed by atoms with Crippen molar-refractivity contribution < 1.29 is 0 Å². The Kier molecular flexibility index (Phi) is 10.6. The average Bonchev–Trinajstić information content (AvgIpc) is 4.04. The number of anilines is 6. The zero-order chi connectivity index (χ0) is 47.3. The molecule has 5 aromatic heterocycles. The maximum Gasteiger partial charge on any atom is 0.137 e. The second-order valence-corrected chi connectivity index (χ2v) is 17.9. The van der Waals surface area contributed by atoms with Crippen molar-refractivity contribution in [2.24, 2.45) is 0 Å². The van der Waals surface area contributed by atoms with E-state index in [-0.39, 0.29) is 0 Å². The molecule has 70 heavy (non-hydrogen) atoms. The predicted octanol–water partition coefficient (Wildman–Crippen LogP) is 15.8. The van der Waals surface area contributed by atoms with Crippen molar-refractivity contribution in [3.63, 3.8) is 0 Å². The van der Waals surface area contributed by atoms with Gasteiger partial charge in [0.1, 0.15) is 11.3 Å². The van der Waals surface area contributed by atoms with Gasteiger partial charge in [-0.2, -0.15) is 0 Å². The highest BCUT2D eigenvalue weighted by Crippen LogP contribution is 2.43. The third-order valence-corrected chi connectivity index (χ3v) is 13.2. The standard InChI is InChI=1S/C62H48N8/c1-41-37-57(43(3)35-51(41)55-39-67-33-15-13-23-59(67)63-55)69(47-17-7-5-8-18-47)49-29-25-45(26-30-49)61-62(66-54-22-12-11-21-53(54)65-61)46-27-31-50(32-28-46)70(48-19-9-6-10-20-48)58-38-42(2)52(36-44(58)4)56-40-68-34-16-14-24-60(68)64-56/h5-40H,1-4H3. The molecule has 0 N–H and O–H groups in total. The fourth-order valence-corrected chi connectivity index (χ4v) is 9.71. The summed E-state index contributed by atoms with van der Waals surface area (Å²) >= 11 is 0. The number of aryl methyl sites for hydroxylation is 4. The summed E-state index contributed by atoms with van der Waals surface area (Å²) in [5, 5.41) is 0. The van der Waals surface area contributed by atoms with Crippen LogP contribution >= 0.6 is 0 Å². The number of hydrogen-bond donors (Lipinski definition) is 0. The van der Waals surface area contributed by atoms with Crippen LogP contribution in [0.15, 0.2) is 219 Å². The fourth-order valence-electron chi connectivity index (χ4n) is 9.71. The van der Waals surface area contributed by atoms with Crippen molar-refractivity contribution in [2.45, 2.75) is 27.7 Å². The first-order valence-corrected chi connectivity index (χ1v) is 23.6. The van der Waals surface area contributed by atoms with Crippen LogP contribution in [0.25, 0.3) is 67.4 Å². The number of rotatable bonds is 10. The fraction of sp³-hybridized carbons (Fsp3) is 0.0645. The Morgan fingerprint density at radius 1 is 0.343 bits per heavy atom. The van der Waals surface area contributed by atoms with Crippen LogP contribution in [0.5, 0.6) is 0 Å². The van der Waals surface area contributed by atoms with Crippen LogP contribution in [0.3, 0.4) is 0 Å². The first-order valence-electron chi connectivity index (χ1n) is 23.6. The molecule has 0 amide bonds. The van der Waals surface area contributed by atoms with E-state index in [2.05, 4.69) is 192 Å². The molecule has 0 bridgehead atoms. The van der Waals surface area contributed by atoms with Gasteiger partial charge < -0.3 is 18.6 Å². The number of imidazole rings is 2. The lowest BCUT2D eigenvalue weighted by Gasteiger charge is -2.28. The molecule has 8 heteroatoms. The van der Waals surface area contributed by atoms with Crippen LogP contribution in [0.2, 0.25) is 0 Å². The van der Waals surface area contributed by atoms with Crippen molar-refractivity contribution in [1.82, 2.24) is 28.7 Å². The lowest BCUT2D eigenvalue weighted by molar-refractivity contribution is 1.19. The number of nitrogens with zero attached hydrogens (tertiary/aromatic N) is 8. The molecular weight excluding hydrogens is 857 g/mol. The van der Waals surface area contributed by atoms with E-state index in [1.807, 2.05) is 73.1 Å². The minimum absolute atomic E-state index is 0.821. The van der Waals surface area contributed by atoms with E-state index in [0.29, 0.717) is 0 Å². The molecule has 8 nitrogen and oxygen atoms in total. The molecule has 0 saturated heterocycles. The van der Waals surface area contributed by atoms with Crippen molar-refractivity contribution in [1.29, 1.82) is 0 Å². The molecule has 0 atom stereocenters. The molecule has 336 valence electrons. The molecule has 0 aliphatic carbocycles. The lowest BCUT2D eigenvalue weighted by atomic mass is 9.99. The Hall–Kier alpha value is -9.14. The van der Waals surface area contributed by atoms with Gasteiger partial charge in [-0.05, 0) is 159 Å². The molecule has 7 aromatic carbocycles. The summed E-state index contributed by atoms with van der Waals surface area (Å²) in [5.41, 5.74) is 22.3. The van der Waals surface area contributed by atoms with Crippen LogP contribution in [-0.4, -0.2) is 28.7 Å². The van der Waals surface area contributed by atoms with Gasteiger partial charge in [-0.25, -0.2) is 19.9 Å². The van der Waals surface area contributed by atoms with Gasteiger partial charge in [0.05, 0.1) is 33.8 Å². The highest BCUT2D eigenvalue weighted by molar-refractivity contribution is 5.89. The third kappa shape index (κ3) is 7.71. The van der Waals surface area contributed by atoms with E-state index in [9.17, 15) is 0 Å². The Balaban J connectivity index is 0.912. The molecule has 0 aliphatic heterocycles. The van der Waals surface area contributed by atoms with Gasteiger partial charge in [0, 0.05) is 81.2 Å². The largest absolute Gasteiger partial charge is 0.310 e. The molecule has 0 fully saturated rings. The molecule has 0 unspecified atom stereocenters. The van der Waals surface area contributed by atoms with E-state index in [1.165, 1.54) is 0 Å². The van der Waals surface area contributed by atoms with Crippen LogP contribution < -0.4 is 9.80 Å². The Morgan fingerprint density at radius 3 is 1.11 bits per heavy atom. The van der Waals surface area contributed by atoms with Gasteiger partial charge in [-0.1, -0.05) is 84.9 Å². The van der Waals surface area contributed by atoms with E-state index in [1.54, 1.807) is 0 Å². The van der Waals surface area contributed by atoms with Crippen LogP contribution in [0.1, 0.15) is 22.3 Å². The third-order valence-electron chi connectivity index (χ3n) is 13.2. The highest BCUT2D eigenvalue weighted by atomic mass is 15.2. The Bertz CT molecular complexity index is 3550. The zero-order valence-electron chi connectivity index (χ0n) is 39.4. The normalized spacial score (nSPS) is 11.4. The Morgan fingerprint density at radius 2 is 0.714 bits per heavy atom. The zero-order valence-corrected chi connectivity index (χ0v) is 39.4.